The quantitative estimate of drug-likeness (QED) is 0.860. The van der Waals surface area contributed by atoms with Crippen molar-refractivity contribution in [2.24, 2.45) is 0 Å². The lowest BCUT2D eigenvalue weighted by Crippen LogP contribution is -2.21. The molecule has 0 saturated carbocycles. The van der Waals surface area contributed by atoms with Gasteiger partial charge >= 0.3 is 0 Å². The SMILES string of the molecule is COc1cc(O)c2c(c1/C=C/C(C)=O)O[C@H](c1ccccc1)CC2=O. The lowest BCUT2D eigenvalue weighted by molar-refractivity contribution is -0.112. The van der Waals surface area contributed by atoms with Crippen molar-refractivity contribution in [2.75, 3.05) is 7.11 Å². The van der Waals surface area contributed by atoms with E-state index in [1.54, 1.807) is 6.08 Å². The molecule has 0 amide bonds. The van der Waals surface area contributed by atoms with Crippen molar-refractivity contribution < 1.29 is 24.2 Å². The van der Waals surface area contributed by atoms with Crippen LogP contribution in [-0.2, 0) is 4.79 Å². The molecule has 5 nitrogen and oxygen atoms in total. The molecule has 0 spiro atoms. The number of rotatable bonds is 4. The number of aromatic hydroxyl groups is 1. The maximum absolute atomic E-state index is 12.6. The third-order valence-corrected chi connectivity index (χ3v) is 4.05. The molecule has 0 aromatic heterocycles. The van der Waals surface area contributed by atoms with Gasteiger partial charge in [-0.25, -0.2) is 0 Å². The molecule has 0 radical (unpaired) electrons. The van der Waals surface area contributed by atoms with Crippen LogP contribution in [0, 0.1) is 0 Å². The molecule has 25 heavy (non-hydrogen) atoms. The monoisotopic (exact) mass is 338 g/mol. The van der Waals surface area contributed by atoms with Crippen LogP contribution in [0.25, 0.3) is 6.08 Å². The Bertz CT molecular complexity index is 852. The minimum atomic E-state index is -0.461. The summed E-state index contributed by atoms with van der Waals surface area (Å²) in [5.41, 5.74) is 1.45. The highest BCUT2D eigenvalue weighted by Crippen LogP contribution is 2.46. The summed E-state index contributed by atoms with van der Waals surface area (Å²) < 4.78 is 11.3. The number of phenolic OH excluding ortho intramolecular Hbond substituents is 1. The second-order valence-electron chi connectivity index (χ2n) is 5.80. The summed E-state index contributed by atoms with van der Waals surface area (Å²) in [6.45, 7) is 1.43. The van der Waals surface area contributed by atoms with Gasteiger partial charge in [0.05, 0.1) is 19.1 Å². The summed E-state index contributed by atoms with van der Waals surface area (Å²) in [6, 6.07) is 10.8. The minimum Gasteiger partial charge on any atom is -0.507 e. The zero-order valence-corrected chi connectivity index (χ0v) is 14.0. The number of benzene rings is 2. The van der Waals surface area contributed by atoms with Gasteiger partial charge in [0.15, 0.2) is 11.6 Å². The van der Waals surface area contributed by atoms with Gasteiger partial charge < -0.3 is 14.6 Å². The van der Waals surface area contributed by atoms with E-state index in [0.717, 1.165) is 5.56 Å². The highest BCUT2D eigenvalue weighted by atomic mass is 16.5. The lowest BCUT2D eigenvalue weighted by atomic mass is 9.93. The number of hydrogen-bond donors (Lipinski definition) is 1. The molecule has 1 aliphatic heterocycles. The Morgan fingerprint density at radius 2 is 2.04 bits per heavy atom. The first-order valence-corrected chi connectivity index (χ1v) is 7.88. The van der Waals surface area contributed by atoms with Gasteiger partial charge in [0, 0.05) is 6.07 Å². The van der Waals surface area contributed by atoms with Crippen LogP contribution in [0.4, 0.5) is 0 Å². The zero-order valence-electron chi connectivity index (χ0n) is 14.0. The molecule has 2 aromatic rings. The normalized spacial score (nSPS) is 16.4. The van der Waals surface area contributed by atoms with E-state index in [0.29, 0.717) is 11.3 Å². The number of allylic oxidation sites excluding steroid dienone is 1. The van der Waals surface area contributed by atoms with Crippen LogP contribution in [0.3, 0.4) is 0 Å². The summed E-state index contributed by atoms with van der Waals surface area (Å²) in [4.78, 5) is 23.9. The van der Waals surface area contributed by atoms with Crippen molar-refractivity contribution in [2.45, 2.75) is 19.4 Å². The number of ketones is 2. The Kier molecular flexibility index (Phi) is 4.57. The molecule has 1 heterocycles. The number of fused-ring (bicyclic) bond motifs is 1. The van der Waals surface area contributed by atoms with Crippen LogP contribution in [-0.4, -0.2) is 23.8 Å². The average Bonchev–Trinajstić information content (AvgIpc) is 2.60. The smallest absolute Gasteiger partial charge is 0.174 e. The Morgan fingerprint density at radius 1 is 1.32 bits per heavy atom. The molecule has 0 aliphatic carbocycles. The van der Waals surface area contributed by atoms with Crippen LogP contribution in [0.2, 0.25) is 0 Å². The van der Waals surface area contributed by atoms with Crippen LogP contribution in [0.1, 0.15) is 40.9 Å². The standard InChI is InChI=1S/C20H18O5/c1-12(21)8-9-14-18(24-2)11-16(23)19-15(22)10-17(25-20(14)19)13-6-4-3-5-7-13/h3-9,11,17,23H,10H2,1-2H3/b9-8+/t17-/m0/s1. The number of Topliss-reactive ketones (excluding diaryl/α,β-unsaturated/α-hetero) is 1. The number of carbonyl (C=O) groups is 2. The molecule has 0 bridgehead atoms. The van der Waals surface area contributed by atoms with E-state index in [1.807, 2.05) is 30.3 Å². The predicted octanol–water partition coefficient (Wildman–Crippen LogP) is 3.71. The maximum atomic E-state index is 12.6. The Balaban J connectivity index is 2.15. The first-order valence-electron chi connectivity index (χ1n) is 7.88. The van der Waals surface area contributed by atoms with Gasteiger partial charge in [-0.05, 0) is 24.6 Å². The highest BCUT2D eigenvalue weighted by Gasteiger charge is 2.33. The number of carbonyl (C=O) groups excluding carboxylic acids is 2. The molecular weight excluding hydrogens is 320 g/mol. The molecule has 128 valence electrons. The van der Waals surface area contributed by atoms with Gasteiger partial charge in [0.1, 0.15) is 28.9 Å². The third kappa shape index (κ3) is 3.26. The molecule has 1 atom stereocenters. The van der Waals surface area contributed by atoms with Crippen LogP contribution in [0.5, 0.6) is 17.2 Å². The second-order valence-corrected chi connectivity index (χ2v) is 5.80. The summed E-state index contributed by atoms with van der Waals surface area (Å²) >= 11 is 0. The molecule has 0 unspecified atom stereocenters. The molecule has 1 N–H and O–H groups in total. The Labute approximate surface area is 145 Å². The molecule has 1 aliphatic rings. The van der Waals surface area contributed by atoms with Crippen molar-refractivity contribution in [1.82, 2.24) is 0 Å². The molecule has 0 saturated heterocycles. The van der Waals surface area contributed by atoms with Gasteiger partial charge in [-0.2, -0.15) is 0 Å². The summed E-state index contributed by atoms with van der Waals surface area (Å²) in [5.74, 6) is 0.0106. The highest BCUT2D eigenvalue weighted by molar-refractivity contribution is 6.04. The Morgan fingerprint density at radius 3 is 2.68 bits per heavy atom. The summed E-state index contributed by atoms with van der Waals surface area (Å²) in [5, 5.41) is 10.2. The minimum absolute atomic E-state index is 0.121. The number of ether oxygens (including phenoxy) is 2. The van der Waals surface area contributed by atoms with Crippen molar-refractivity contribution in [3.05, 3.63) is 59.2 Å². The van der Waals surface area contributed by atoms with E-state index in [-0.39, 0.29) is 35.0 Å². The van der Waals surface area contributed by atoms with Gasteiger partial charge in [0.25, 0.3) is 0 Å². The van der Waals surface area contributed by atoms with E-state index in [4.69, 9.17) is 9.47 Å². The molecule has 0 fully saturated rings. The fraction of sp³-hybridized carbons (Fsp3) is 0.200. The topological polar surface area (TPSA) is 72.8 Å². The average molecular weight is 338 g/mol. The Hall–Kier alpha value is -3.08. The molecular formula is C20H18O5. The van der Waals surface area contributed by atoms with Gasteiger partial charge in [-0.3, -0.25) is 9.59 Å². The summed E-state index contributed by atoms with van der Waals surface area (Å²) in [6.07, 6.45) is 2.58. The lowest BCUT2D eigenvalue weighted by Gasteiger charge is -2.28. The van der Waals surface area contributed by atoms with Crippen molar-refractivity contribution >= 4 is 17.6 Å². The van der Waals surface area contributed by atoms with E-state index in [2.05, 4.69) is 0 Å². The number of hydrogen-bond acceptors (Lipinski definition) is 5. The van der Waals surface area contributed by atoms with E-state index < -0.39 is 6.10 Å². The second kappa shape index (κ2) is 6.81. The van der Waals surface area contributed by atoms with E-state index in [9.17, 15) is 14.7 Å². The van der Waals surface area contributed by atoms with Crippen LogP contribution in [0.15, 0.2) is 42.5 Å². The van der Waals surface area contributed by atoms with Crippen LogP contribution >= 0.6 is 0 Å². The molecule has 3 rings (SSSR count). The fourth-order valence-electron chi connectivity index (χ4n) is 2.86. The predicted molar refractivity (Wildman–Crippen MR) is 93.1 cm³/mol. The van der Waals surface area contributed by atoms with E-state index in [1.165, 1.54) is 26.2 Å². The fourth-order valence-corrected chi connectivity index (χ4v) is 2.86. The third-order valence-electron chi connectivity index (χ3n) is 4.05. The van der Waals surface area contributed by atoms with Crippen LogP contribution < -0.4 is 9.47 Å². The van der Waals surface area contributed by atoms with Gasteiger partial charge in [-0.1, -0.05) is 30.3 Å². The van der Waals surface area contributed by atoms with Crippen molar-refractivity contribution in [3.63, 3.8) is 0 Å². The molecule has 5 heteroatoms. The first kappa shape index (κ1) is 16.8. The number of phenols is 1. The van der Waals surface area contributed by atoms with E-state index >= 15 is 0 Å². The van der Waals surface area contributed by atoms with Crippen molar-refractivity contribution in [3.8, 4) is 17.2 Å². The summed E-state index contributed by atoms with van der Waals surface area (Å²) in [7, 11) is 1.45. The first-order chi connectivity index (χ1) is 12.0. The largest absolute Gasteiger partial charge is 0.507 e. The molecule has 2 aromatic carbocycles. The number of methoxy groups -OCH3 is 1. The van der Waals surface area contributed by atoms with Gasteiger partial charge in [-0.15, -0.1) is 0 Å². The van der Waals surface area contributed by atoms with Gasteiger partial charge in [0.2, 0.25) is 0 Å². The maximum Gasteiger partial charge on any atom is 0.174 e. The zero-order chi connectivity index (χ0) is 18.0. The van der Waals surface area contributed by atoms with Crippen molar-refractivity contribution in [1.29, 1.82) is 0 Å².